The van der Waals surface area contributed by atoms with Gasteiger partial charge in [-0.15, -0.1) is 0 Å². The number of aliphatic carboxylic acids is 1. The van der Waals surface area contributed by atoms with Gasteiger partial charge in [-0.3, -0.25) is 25.2 Å². The number of aryl methyl sites for hydroxylation is 2. The fraction of sp³-hybridized carbons (Fsp3) is 0.450. The van der Waals surface area contributed by atoms with Gasteiger partial charge in [0.15, 0.2) is 6.10 Å². The number of carbonyl (C=O) groups is 3. The third-order valence-electron chi connectivity index (χ3n) is 5.52. The highest BCUT2D eigenvalue weighted by atomic mass is 16.5. The normalized spacial score (nSPS) is 26.5. The van der Waals surface area contributed by atoms with E-state index in [1.165, 1.54) is 0 Å². The largest absolute Gasteiger partial charge is 0.481 e. The molecule has 0 radical (unpaired) electrons. The molecule has 2 aliphatic rings. The number of hydrazine groups is 1. The van der Waals surface area contributed by atoms with Gasteiger partial charge in [0.05, 0.1) is 11.8 Å². The number of ether oxygens (including phenoxy) is 1. The molecule has 3 rings (SSSR count). The molecule has 2 bridgehead atoms. The molecule has 5 atom stereocenters. The molecule has 3 N–H and O–H groups in total. The van der Waals surface area contributed by atoms with E-state index in [4.69, 9.17) is 4.74 Å². The molecular weight excluding hydrogens is 348 g/mol. The van der Waals surface area contributed by atoms with E-state index in [0.717, 1.165) is 11.1 Å². The van der Waals surface area contributed by atoms with Crippen LogP contribution in [0.25, 0.3) is 0 Å². The van der Waals surface area contributed by atoms with Crippen LogP contribution in [0.1, 0.15) is 24.5 Å². The monoisotopic (exact) mass is 372 g/mol. The van der Waals surface area contributed by atoms with Crippen molar-refractivity contribution in [2.45, 2.75) is 33.3 Å². The molecule has 0 heterocycles. The Morgan fingerprint density at radius 3 is 2.37 bits per heavy atom. The average Bonchev–Trinajstić information content (AvgIpc) is 3.23. The lowest BCUT2D eigenvalue weighted by Crippen LogP contribution is -2.51. The highest BCUT2D eigenvalue weighted by molar-refractivity contribution is 5.89. The van der Waals surface area contributed by atoms with Crippen LogP contribution >= 0.6 is 0 Å². The van der Waals surface area contributed by atoms with E-state index in [2.05, 4.69) is 10.9 Å². The van der Waals surface area contributed by atoms with Crippen LogP contribution in [-0.2, 0) is 14.4 Å². The van der Waals surface area contributed by atoms with E-state index in [0.29, 0.717) is 12.2 Å². The molecule has 1 aromatic rings. The second-order valence-electron chi connectivity index (χ2n) is 7.32. The summed E-state index contributed by atoms with van der Waals surface area (Å²) in [6.07, 6.45) is 3.60. The van der Waals surface area contributed by atoms with E-state index in [1.807, 2.05) is 38.1 Å². The molecule has 0 spiro atoms. The third kappa shape index (κ3) is 3.82. The average molecular weight is 372 g/mol. The van der Waals surface area contributed by atoms with E-state index < -0.39 is 35.7 Å². The van der Waals surface area contributed by atoms with Gasteiger partial charge in [0.2, 0.25) is 5.91 Å². The second-order valence-corrected chi connectivity index (χ2v) is 7.32. The molecule has 2 amide bonds. The maximum absolute atomic E-state index is 12.5. The molecule has 1 aromatic carbocycles. The van der Waals surface area contributed by atoms with Gasteiger partial charge in [0.25, 0.3) is 5.91 Å². The zero-order chi connectivity index (χ0) is 19.7. The van der Waals surface area contributed by atoms with Gasteiger partial charge in [0.1, 0.15) is 5.75 Å². The van der Waals surface area contributed by atoms with Crippen LogP contribution in [0.2, 0.25) is 0 Å². The molecule has 0 aromatic heterocycles. The highest BCUT2D eigenvalue weighted by Crippen LogP contribution is 2.48. The topological polar surface area (TPSA) is 105 Å². The first-order valence-electron chi connectivity index (χ1n) is 9.02. The number of nitrogens with one attached hydrogen (secondary N) is 2. The number of allylic oxidation sites excluding steroid dienone is 2. The van der Waals surface area contributed by atoms with Gasteiger partial charge < -0.3 is 9.84 Å². The minimum absolute atomic E-state index is 0.0998. The van der Waals surface area contributed by atoms with Crippen molar-refractivity contribution in [2.24, 2.45) is 23.7 Å². The number of fused-ring (bicyclic) bond motifs is 2. The molecule has 0 unspecified atom stereocenters. The number of carbonyl (C=O) groups excluding carboxylic acids is 2. The van der Waals surface area contributed by atoms with Crippen LogP contribution in [-0.4, -0.2) is 29.0 Å². The number of carboxylic acids is 1. The lowest BCUT2D eigenvalue weighted by molar-refractivity contribution is -0.148. The lowest BCUT2D eigenvalue weighted by atomic mass is 9.82. The predicted molar refractivity (Wildman–Crippen MR) is 97.6 cm³/mol. The number of carboxylic acid groups (broad SMARTS) is 1. The van der Waals surface area contributed by atoms with Gasteiger partial charge in [-0.05, 0) is 62.3 Å². The maximum Gasteiger partial charge on any atom is 0.307 e. The van der Waals surface area contributed by atoms with Crippen LogP contribution in [0.15, 0.2) is 30.4 Å². The number of hydrogen-bond donors (Lipinski definition) is 3. The van der Waals surface area contributed by atoms with Crippen molar-refractivity contribution in [2.75, 3.05) is 0 Å². The van der Waals surface area contributed by atoms with E-state index in [9.17, 15) is 19.5 Å². The van der Waals surface area contributed by atoms with E-state index >= 15 is 0 Å². The number of rotatable bonds is 5. The summed E-state index contributed by atoms with van der Waals surface area (Å²) in [6.45, 7) is 5.52. The van der Waals surface area contributed by atoms with Crippen molar-refractivity contribution in [3.05, 3.63) is 41.5 Å². The number of hydrogen-bond acceptors (Lipinski definition) is 4. The van der Waals surface area contributed by atoms with Crippen molar-refractivity contribution in [1.82, 2.24) is 10.9 Å². The Morgan fingerprint density at radius 1 is 1.07 bits per heavy atom. The SMILES string of the molecule is Cc1ccc(O[C@H](C)C(=O)NNC(=O)[C@H]2[C@@H](C(=O)O)[C@H]3C=C[C@H]2C3)cc1C. The van der Waals surface area contributed by atoms with Gasteiger partial charge in [0, 0.05) is 0 Å². The second kappa shape index (κ2) is 7.42. The predicted octanol–water partition coefficient (Wildman–Crippen LogP) is 1.74. The number of benzene rings is 1. The molecule has 7 nitrogen and oxygen atoms in total. The van der Waals surface area contributed by atoms with Crippen molar-refractivity contribution in [3.63, 3.8) is 0 Å². The minimum Gasteiger partial charge on any atom is -0.481 e. The third-order valence-corrected chi connectivity index (χ3v) is 5.52. The molecule has 2 aliphatic carbocycles. The van der Waals surface area contributed by atoms with E-state index in [-0.39, 0.29) is 11.8 Å². The van der Waals surface area contributed by atoms with Crippen molar-refractivity contribution >= 4 is 17.8 Å². The highest BCUT2D eigenvalue weighted by Gasteiger charge is 2.51. The molecule has 1 saturated carbocycles. The van der Waals surface area contributed by atoms with Gasteiger partial charge in [-0.1, -0.05) is 18.2 Å². The van der Waals surface area contributed by atoms with Gasteiger partial charge in [-0.25, -0.2) is 0 Å². The minimum atomic E-state index is -0.982. The van der Waals surface area contributed by atoms with Gasteiger partial charge >= 0.3 is 5.97 Å². The van der Waals surface area contributed by atoms with Crippen LogP contribution in [0.5, 0.6) is 5.75 Å². The summed E-state index contributed by atoms with van der Waals surface area (Å²) < 4.78 is 5.61. The summed E-state index contributed by atoms with van der Waals surface area (Å²) in [4.78, 5) is 36.2. The summed E-state index contributed by atoms with van der Waals surface area (Å²) in [5.41, 5.74) is 6.89. The fourth-order valence-electron chi connectivity index (χ4n) is 3.87. The molecule has 0 saturated heterocycles. The van der Waals surface area contributed by atoms with Crippen LogP contribution in [0, 0.1) is 37.5 Å². The maximum atomic E-state index is 12.5. The Morgan fingerprint density at radius 2 is 1.74 bits per heavy atom. The molecule has 144 valence electrons. The Bertz CT molecular complexity index is 804. The first-order chi connectivity index (χ1) is 12.8. The molecule has 0 aliphatic heterocycles. The Hall–Kier alpha value is -2.83. The Labute approximate surface area is 157 Å². The van der Waals surface area contributed by atoms with Crippen molar-refractivity contribution in [3.8, 4) is 5.75 Å². The fourth-order valence-corrected chi connectivity index (χ4v) is 3.87. The van der Waals surface area contributed by atoms with Crippen LogP contribution in [0.3, 0.4) is 0 Å². The zero-order valence-electron chi connectivity index (χ0n) is 15.6. The number of amides is 2. The first kappa shape index (κ1) is 18.9. The smallest absolute Gasteiger partial charge is 0.307 e. The zero-order valence-corrected chi connectivity index (χ0v) is 15.6. The molecule has 27 heavy (non-hydrogen) atoms. The van der Waals surface area contributed by atoms with Gasteiger partial charge in [-0.2, -0.15) is 0 Å². The summed E-state index contributed by atoms with van der Waals surface area (Å²) in [5.74, 6) is -3.04. The molecule has 7 heteroatoms. The lowest BCUT2D eigenvalue weighted by Gasteiger charge is -2.24. The Balaban J connectivity index is 1.55. The summed E-state index contributed by atoms with van der Waals surface area (Å²) in [5, 5.41) is 9.41. The molecule has 1 fully saturated rings. The van der Waals surface area contributed by atoms with Crippen LogP contribution < -0.4 is 15.6 Å². The standard InChI is InChI=1S/C20H24N2O5/c1-10-4-7-15(8-11(10)2)27-12(3)18(23)21-22-19(24)16-13-5-6-14(9-13)17(16)20(25)26/h4-8,12-14,16-17H,9H2,1-3H3,(H,21,23)(H,22,24)(H,25,26)/t12-,13+,14+,16-,17+/m1/s1. The van der Waals surface area contributed by atoms with Crippen molar-refractivity contribution in [1.29, 1.82) is 0 Å². The van der Waals surface area contributed by atoms with Crippen LogP contribution in [0.4, 0.5) is 0 Å². The van der Waals surface area contributed by atoms with E-state index in [1.54, 1.807) is 13.0 Å². The Kier molecular flexibility index (Phi) is 5.21. The quantitative estimate of drug-likeness (QED) is 0.539. The molecular formula is C20H24N2O5. The van der Waals surface area contributed by atoms with Crippen molar-refractivity contribution < 1.29 is 24.2 Å². The summed E-state index contributed by atoms with van der Waals surface area (Å²) >= 11 is 0. The first-order valence-corrected chi connectivity index (χ1v) is 9.02. The summed E-state index contributed by atoms with van der Waals surface area (Å²) in [6, 6.07) is 5.53. The summed E-state index contributed by atoms with van der Waals surface area (Å²) in [7, 11) is 0.